The fraction of sp³-hybridized carbons (Fsp3) is 0.588. The van der Waals surface area contributed by atoms with E-state index in [2.05, 4.69) is 67.5 Å². The average molecular weight is 453 g/mol. The van der Waals surface area contributed by atoms with Gasteiger partial charge in [0.1, 0.15) is 0 Å². The van der Waals surface area contributed by atoms with Gasteiger partial charge in [0.15, 0.2) is 5.96 Å². The minimum atomic E-state index is 0. The highest BCUT2D eigenvalue weighted by Crippen LogP contribution is 2.19. The summed E-state index contributed by atoms with van der Waals surface area (Å²) in [6, 6.07) is 8.64. The number of halogens is 2. The van der Waals surface area contributed by atoms with Crippen LogP contribution in [0.25, 0.3) is 0 Å². The molecule has 0 spiro atoms. The van der Waals surface area contributed by atoms with Crippen LogP contribution in [0.5, 0.6) is 0 Å². The van der Waals surface area contributed by atoms with Gasteiger partial charge in [-0.3, -0.25) is 4.99 Å². The number of guanidine groups is 1. The van der Waals surface area contributed by atoms with E-state index in [1.165, 1.54) is 5.56 Å². The first-order valence-corrected chi connectivity index (χ1v) is 8.12. The van der Waals surface area contributed by atoms with Gasteiger partial charge in [0.2, 0.25) is 0 Å². The number of hydrogen-bond acceptors (Lipinski definition) is 2. The molecule has 1 rings (SSSR count). The van der Waals surface area contributed by atoms with Crippen LogP contribution in [0.15, 0.2) is 29.3 Å². The average Bonchev–Trinajstić information content (AvgIpc) is 2.47. The smallest absolute Gasteiger partial charge is 0.191 e. The Bertz CT molecular complexity index is 474. The van der Waals surface area contributed by atoms with Crippen molar-refractivity contribution in [2.45, 2.75) is 32.9 Å². The van der Waals surface area contributed by atoms with E-state index < -0.39 is 0 Å². The molecule has 0 aliphatic carbocycles. The predicted octanol–water partition coefficient (Wildman–Crippen LogP) is 3.77. The maximum Gasteiger partial charge on any atom is 0.191 e. The first-order valence-electron chi connectivity index (χ1n) is 7.74. The first kappa shape index (κ1) is 22.5. The fourth-order valence-electron chi connectivity index (χ4n) is 2.05. The van der Waals surface area contributed by atoms with Gasteiger partial charge in [0.25, 0.3) is 0 Å². The summed E-state index contributed by atoms with van der Waals surface area (Å²) in [6.07, 6.45) is 0. The second-order valence-electron chi connectivity index (χ2n) is 6.16. The Balaban J connectivity index is 0.00000484. The van der Waals surface area contributed by atoms with Gasteiger partial charge in [0.05, 0.1) is 6.04 Å². The molecule has 2 atom stereocenters. The zero-order valence-corrected chi connectivity index (χ0v) is 18.0. The Hall–Kier alpha value is -0.530. The minimum Gasteiger partial charge on any atom is -0.354 e. The van der Waals surface area contributed by atoms with E-state index in [9.17, 15) is 0 Å². The van der Waals surface area contributed by atoms with Crippen molar-refractivity contribution in [3.05, 3.63) is 34.9 Å². The second-order valence-corrected chi connectivity index (χ2v) is 6.60. The normalized spacial score (nSPS) is 14.4. The molecular weight excluding hydrogens is 423 g/mol. The largest absolute Gasteiger partial charge is 0.354 e. The van der Waals surface area contributed by atoms with Gasteiger partial charge < -0.3 is 15.5 Å². The Morgan fingerprint density at radius 2 is 1.74 bits per heavy atom. The third kappa shape index (κ3) is 7.72. The molecule has 2 N–H and O–H groups in total. The summed E-state index contributed by atoms with van der Waals surface area (Å²) in [7, 11) is 5.96. The molecule has 0 aliphatic heterocycles. The van der Waals surface area contributed by atoms with Crippen LogP contribution in [0.2, 0.25) is 5.02 Å². The summed E-state index contributed by atoms with van der Waals surface area (Å²) in [5.41, 5.74) is 1.23. The molecule has 132 valence electrons. The maximum absolute atomic E-state index is 5.97. The number of hydrogen-bond donors (Lipinski definition) is 2. The Morgan fingerprint density at radius 3 is 2.17 bits per heavy atom. The van der Waals surface area contributed by atoms with Crippen LogP contribution in [0.1, 0.15) is 32.4 Å². The number of nitrogens with one attached hydrogen (secondary N) is 2. The molecule has 1 aromatic rings. The highest BCUT2D eigenvalue weighted by Gasteiger charge is 2.15. The third-order valence-corrected chi connectivity index (χ3v) is 4.18. The van der Waals surface area contributed by atoms with Crippen molar-refractivity contribution in [3.8, 4) is 0 Å². The van der Waals surface area contributed by atoms with E-state index in [1.807, 2.05) is 12.1 Å². The van der Waals surface area contributed by atoms with Crippen molar-refractivity contribution in [1.82, 2.24) is 15.5 Å². The van der Waals surface area contributed by atoms with E-state index in [0.717, 1.165) is 17.5 Å². The van der Waals surface area contributed by atoms with Crippen molar-refractivity contribution in [3.63, 3.8) is 0 Å². The van der Waals surface area contributed by atoms with E-state index in [4.69, 9.17) is 11.6 Å². The van der Waals surface area contributed by atoms with E-state index >= 15 is 0 Å². The lowest BCUT2D eigenvalue weighted by molar-refractivity contribution is 0.297. The molecule has 0 heterocycles. The van der Waals surface area contributed by atoms with Gasteiger partial charge in [-0.25, -0.2) is 0 Å². The number of likely N-dealkylation sites (N-methyl/N-ethyl adjacent to an activating group) is 1. The van der Waals surface area contributed by atoms with Crippen molar-refractivity contribution in [1.29, 1.82) is 0 Å². The van der Waals surface area contributed by atoms with Crippen LogP contribution < -0.4 is 10.6 Å². The molecule has 4 nitrogen and oxygen atoms in total. The van der Waals surface area contributed by atoms with Gasteiger partial charge >= 0.3 is 0 Å². The summed E-state index contributed by atoms with van der Waals surface area (Å²) in [6.45, 7) is 7.34. The highest BCUT2D eigenvalue weighted by atomic mass is 127. The standard InChI is InChI=1S/C17H29ClN4.HI/c1-12(2)13(3)21-17(19-4)20-11-16(22(5)6)14-7-9-15(18)10-8-14;/h7-10,12-13,16H,11H2,1-6H3,(H2,19,20,21);1H. The Labute approximate surface area is 163 Å². The third-order valence-electron chi connectivity index (χ3n) is 3.93. The number of rotatable bonds is 6. The lowest BCUT2D eigenvalue weighted by Crippen LogP contribution is -2.46. The predicted molar refractivity (Wildman–Crippen MR) is 112 cm³/mol. The molecule has 6 heteroatoms. The topological polar surface area (TPSA) is 39.7 Å². The molecule has 0 bridgehead atoms. The monoisotopic (exact) mass is 452 g/mol. The summed E-state index contributed by atoms with van der Waals surface area (Å²) in [5, 5.41) is 7.60. The van der Waals surface area contributed by atoms with Gasteiger partial charge in [0, 0.05) is 24.7 Å². The molecule has 0 radical (unpaired) electrons. The molecule has 0 saturated carbocycles. The number of aliphatic imine (C=N–C) groups is 1. The molecule has 23 heavy (non-hydrogen) atoms. The summed E-state index contributed by atoms with van der Waals surface area (Å²) in [4.78, 5) is 6.49. The lowest BCUT2D eigenvalue weighted by Gasteiger charge is -2.27. The number of benzene rings is 1. The maximum atomic E-state index is 5.97. The van der Waals surface area contributed by atoms with Gasteiger partial charge in [-0.2, -0.15) is 0 Å². The van der Waals surface area contributed by atoms with E-state index in [0.29, 0.717) is 12.0 Å². The van der Waals surface area contributed by atoms with Gasteiger partial charge in [-0.15, -0.1) is 24.0 Å². The zero-order chi connectivity index (χ0) is 16.7. The van der Waals surface area contributed by atoms with Crippen LogP contribution in [0.3, 0.4) is 0 Å². The zero-order valence-electron chi connectivity index (χ0n) is 14.9. The van der Waals surface area contributed by atoms with E-state index in [-0.39, 0.29) is 30.0 Å². The highest BCUT2D eigenvalue weighted by molar-refractivity contribution is 14.0. The molecular formula is C17H30ClIN4. The molecule has 0 amide bonds. The van der Waals surface area contributed by atoms with Crippen LogP contribution in [0.4, 0.5) is 0 Å². The van der Waals surface area contributed by atoms with Crippen molar-refractivity contribution in [2.24, 2.45) is 10.9 Å². The lowest BCUT2D eigenvalue weighted by atomic mass is 10.1. The molecule has 2 unspecified atom stereocenters. The summed E-state index contributed by atoms with van der Waals surface area (Å²) < 4.78 is 0. The van der Waals surface area contributed by atoms with E-state index in [1.54, 1.807) is 7.05 Å². The molecule has 1 aromatic carbocycles. The van der Waals surface area contributed by atoms with Crippen molar-refractivity contribution in [2.75, 3.05) is 27.7 Å². The fourth-order valence-corrected chi connectivity index (χ4v) is 2.18. The van der Waals surface area contributed by atoms with Gasteiger partial charge in [-0.05, 0) is 44.6 Å². The van der Waals surface area contributed by atoms with Gasteiger partial charge in [-0.1, -0.05) is 37.6 Å². The Kier molecular flexibility index (Phi) is 10.8. The SMILES string of the molecule is CN=C(NCC(c1ccc(Cl)cc1)N(C)C)NC(C)C(C)C.I. The van der Waals surface area contributed by atoms with Crippen LogP contribution in [0, 0.1) is 5.92 Å². The summed E-state index contributed by atoms with van der Waals surface area (Å²) >= 11 is 5.97. The number of nitrogens with zero attached hydrogens (tertiary/aromatic N) is 2. The first-order chi connectivity index (χ1) is 10.3. The molecule has 0 aromatic heterocycles. The van der Waals surface area contributed by atoms with Crippen molar-refractivity contribution < 1.29 is 0 Å². The molecule has 0 aliphatic rings. The Morgan fingerprint density at radius 1 is 1.17 bits per heavy atom. The summed E-state index contributed by atoms with van der Waals surface area (Å²) in [5.74, 6) is 1.39. The molecule has 0 saturated heterocycles. The van der Waals surface area contributed by atoms with Crippen LogP contribution in [-0.4, -0.2) is 44.6 Å². The molecule has 0 fully saturated rings. The second kappa shape index (κ2) is 11.1. The van der Waals surface area contributed by atoms with Crippen molar-refractivity contribution >= 4 is 41.5 Å². The van der Waals surface area contributed by atoms with Crippen LogP contribution >= 0.6 is 35.6 Å². The van der Waals surface area contributed by atoms with Crippen LogP contribution in [-0.2, 0) is 0 Å². The quantitative estimate of drug-likeness (QED) is 0.392. The minimum absolute atomic E-state index is 0.